The number of alkyl halides is 3. The van der Waals surface area contributed by atoms with Crippen molar-refractivity contribution in [2.45, 2.75) is 23.5 Å². The van der Waals surface area contributed by atoms with Gasteiger partial charge in [-0.1, -0.05) is 30.3 Å². The molecule has 1 amide bonds. The topological polar surface area (TPSA) is 75.7 Å². The van der Waals surface area contributed by atoms with E-state index in [2.05, 4.69) is 5.32 Å². The Hall–Kier alpha value is -3.37. The van der Waals surface area contributed by atoms with E-state index in [-0.39, 0.29) is 17.0 Å². The molecule has 0 spiro atoms. The third-order valence-corrected chi connectivity index (χ3v) is 7.12. The van der Waals surface area contributed by atoms with Gasteiger partial charge < -0.3 is 10.1 Å². The van der Waals surface area contributed by atoms with Crippen molar-refractivity contribution in [3.63, 3.8) is 0 Å². The summed E-state index contributed by atoms with van der Waals surface area (Å²) in [7, 11) is -1.07. The summed E-state index contributed by atoms with van der Waals surface area (Å²) in [6.07, 6.45) is -4.76. The molecule has 0 bridgehead atoms. The lowest BCUT2D eigenvalue weighted by Gasteiger charge is -2.28. The lowest BCUT2D eigenvalue weighted by Crippen LogP contribution is -2.33. The van der Waals surface area contributed by atoms with Gasteiger partial charge in [0.15, 0.2) is 0 Å². The van der Waals surface area contributed by atoms with Gasteiger partial charge in [-0.3, -0.25) is 4.79 Å². The first-order valence-corrected chi connectivity index (χ1v) is 11.6. The largest absolute Gasteiger partial charge is 0.497 e. The molecule has 3 aromatic carbocycles. The fourth-order valence-corrected chi connectivity index (χ4v) is 4.70. The maximum atomic E-state index is 13.2. The Kier molecular flexibility index (Phi) is 7.63. The maximum Gasteiger partial charge on any atom is 0.416 e. The first-order valence-electron chi connectivity index (χ1n) is 10.2. The Morgan fingerprint density at radius 3 is 2.09 bits per heavy atom. The third-order valence-electron chi connectivity index (χ3n) is 5.23. The molecule has 0 aliphatic rings. The van der Waals surface area contributed by atoms with E-state index >= 15 is 0 Å². The van der Waals surface area contributed by atoms with E-state index in [1.807, 2.05) is 0 Å². The minimum Gasteiger partial charge on any atom is -0.497 e. The van der Waals surface area contributed by atoms with Crippen LogP contribution in [-0.2, 0) is 21.0 Å². The van der Waals surface area contributed by atoms with E-state index < -0.39 is 33.7 Å². The van der Waals surface area contributed by atoms with Crippen LogP contribution < -0.4 is 10.1 Å². The zero-order chi connectivity index (χ0) is 24.9. The highest BCUT2D eigenvalue weighted by molar-refractivity contribution is 7.89. The average Bonchev–Trinajstić information content (AvgIpc) is 2.82. The molecular weight excluding hydrogens is 469 g/mol. The van der Waals surface area contributed by atoms with Gasteiger partial charge in [0, 0.05) is 19.2 Å². The number of benzene rings is 3. The Bertz CT molecular complexity index is 1210. The van der Waals surface area contributed by atoms with Gasteiger partial charge in [-0.15, -0.1) is 0 Å². The molecule has 1 atom stereocenters. The number of rotatable bonds is 8. The highest BCUT2D eigenvalue weighted by Gasteiger charge is 2.32. The van der Waals surface area contributed by atoms with Crippen molar-refractivity contribution < 1.29 is 31.1 Å². The molecule has 0 saturated carbocycles. The van der Waals surface area contributed by atoms with Gasteiger partial charge >= 0.3 is 6.18 Å². The fraction of sp³-hybridized carbons (Fsp3) is 0.208. The van der Waals surface area contributed by atoms with E-state index in [4.69, 9.17) is 4.74 Å². The number of carbonyl (C=O) groups excluding carboxylic acids is 1. The first kappa shape index (κ1) is 25.3. The Morgan fingerprint density at radius 1 is 0.971 bits per heavy atom. The van der Waals surface area contributed by atoms with Crippen LogP contribution in [0.25, 0.3) is 0 Å². The molecule has 0 heterocycles. The number of nitrogens with one attached hydrogen (secondary N) is 1. The van der Waals surface area contributed by atoms with Crippen molar-refractivity contribution in [2.75, 3.05) is 19.5 Å². The minimum absolute atomic E-state index is 0.0687. The van der Waals surface area contributed by atoms with Crippen molar-refractivity contribution in [3.05, 3.63) is 90.0 Å². The molecule has 3 aromatic rings. The molecule has 0 aliphatic heterocycles. The highest BCUT2D eigenvalue weighted by Crippen LogP contribution is 2.32. The van der Waals surface area contributed by atoms with Crippen molar-refractivity contribution in [3.8, 4) is 5.75 Å². The molecule has 3 rings (SSSR count). The number of methoxy groups -OCH3 is 1. The van der Waals surface area contributed by atoms with E-state index in [0.717, 1.165) is 28.6 Å². The zero-order valence-electron chi connectivity index (χ0n) is 18.4. The number of hydrogen-bond donors (Lipinski definition) is 1. The second kappa shape index (κ2) is 10.3. The first-order chi connectivity index (χ1) is 16.0. The standard InChI is InChI=1S/C24H23F3N2O4S/c1-29(34(31,32)21-6-4-3-5-7-21)22(17-8-14-20(33-2)15-9-17)16-23(30)28-19-12-10-18(11-13-19)24(25,26)27/h3-15,22H,16H2,1-2H3,(H,28,30)/t22-/m1/s1. The Morgan fingerprint density at radius 2 is 1.56 bits per heavy atom. The molecule has 1 N–H and O–H groups in total. The average molecular weight is 493 g/mol. The quantitative estimate of drug-likeness (QED) is 0.475. The van der Waals surface area contributed by atoms with Crippen LogP contribution in [0, 0.1) is 0 Å². The van der Waals surface area contributed by atoms with Gasteiger partial charge in [0.25, 0.3) is 0 Å². The maximum absolute atomic E-state index is 13.2. The van der Waals surface area contributed by atoms with Gasteiger partial charge in [0.05, 0.1) is 23.6 Å². The Labute approximate surface area is 196 Å². The molecule has 0 unspecified atom stereocenters. The molecule has 10 heteroatoms. The van der Waals surface area contributed by atoms with Gasteiger partial charge in [-0.2, -0.15) is 17.5 Å². The fourth-order valence-electron chi connectivity index (χ4n) is 3.34. The van der Waals surface area contributed by atoms with E-state index in [1.54, 1.807) is 42.5 Å². The predicted octanol–water partition coefficient (Wildman–Crippen LogP) is 5.10. The van der Waals surface area contributed by atoms with Crippen molar-refractivity contribution in [2.24, 2.45) is 0 Å². The summed E-state index contributed by atoms with van der Waals surface area (Å²) >= 11 is 0. The second-order valence-corrected chi connectivity index (χ2v) is 9.45. The molecule has 0 saturated heterocycles. The molecule has 180 valence electrons. The normalized spacial score (nSPS) is 12.9. The number of nitrogens with zero attached hydrogens (tertiary/aromatic N) is 1. The van der Waals surface area contributed by atoms with Crippen LogP contribution in [0.3, 0.4) is 0 Å². The summed E-state index contributed by atoms with van der Waals surface area (Å²) in [5, 5.41) is 2.54. The van der Waals surface area contributed by atoms with Gasteiger partial charge in [0.1, 0.15) is 5.75 Å². The number of anilines is 1. The van der Waals surface area contributed by atoms with Crippen LogP contribution in [0.4, 0.5) is 18.9 Å². The zero-order valence-corrected chi connectivity index (χ0v) is 19.2. The minimum atomic E-state index is -4.49. The SMILES string of the molecule is COc1ccc([C@@H](CC(=O)Nc2ccc(C(F)(F)F)cc2)N(C)S(=O)(=O)c2ccccc2)cc1. The smallest absolute Gasteiger partial charge is 0.416 e. The summed E-state index contributed by atoms with van der Waals surface area (Å²) < 4.78 is 71.0. The summed E-state index contributed by atoms with van der Waals surface area (Å²) in [5.74, 6) is 0.000893. The number of halogens is 3. The van der Waals surface area contributed by atoms with Crippen LogP contribution in [0.15, 0.2) is 83.8 Å². The van der Waals surface area contributed by atoms with Gasteiger partial charge in [-0.05, 0) is 54.1 Å². The predicted molar refractivity (Wildman–Crippen MR) is 122 cm³/mol. The lowest BCUT2D eigenvalue weighted by atomic mass is 10.0. The van der Waals surface area contributed by atoms with E-state index in [9.17, 15) is 26.4 Å². The van der Waals surface area contributed by atoms with Crippen molar-refractivity contribution in [1.82, 2.24) is 4.31 Å². The molecule has 0 fully saturated rings. The summed E-state index contributed by atoms with van der Waals surface area (Å²) in [5.41, 5.74) is -0.124. The molecule has 6 nitrogen and oxygen atoms in total. The highest BCUT2D eigenvalue weighted by atomic mass is 32.2. The van der Waals surface area contributed by atoms with Gasteiger partial charge in [0.2, 0.25) is 15.9 Å². The van der Waals surface area contributed by atoms with Crippen LogP contribution in [0.1, 0.15) is 23.6 Å². The van der Waals surface area contributed by atoms with E-state index in [0.29, 0.717) is 11.3 Å². The van der Waals surface area contributed by atoms with Gasteiger partial charge in [-0.25, -0.2) is 8.42 Å². The molecule has 0 aromatic heterocycles. The van der Waals surface area contributed by atoms with Crippen LogP contribution in [-0.4, -0.2) is 32.8 Å². The number of amides is 1. The summed E-state index contributed by atoms with van der Waals surface area (Å²) in [6.45, 7) is 0. The number of hydrogen-bond acceptors (Lipinski definition) is 4. The monoisotopic (exact) mass is 492 g/mol. The lowest BCUT2D eigenvalue weighted by molar-refractivity contribution is -0.137. The number of sulfonamides is 1. The van der Waals surface area contributed by atoms with Crippen LogP contribution in [0.5, 0.6) is 5.75 Å². The number of carbonyl (C=O) groups is 1. The molecular formula is C24H23F3N2O4S. The Balaban J connectivity index is 1.87. The summed E-state index contributed by atoms with van der Waals surface area (Å²) in [4.78, 5) is 12.9. The van der Waals surface area contributed by atoms with Crippen LogP contribution in [0.2, 0.25) is 0 Å². The molecule has 34 heavy (non-hydrogen) atoms. The molecule has 0 aliphatic carbocycles. The third kappa shape index (κ3) is 5.95. The second-order valence-electron chi connectivity index (χ2n) is 7.45. The summed E-state index contributed by atoms with van der Waals surface area (Å²) in [6, 6.07) is 17.6. The van der Waals surface area contributed by atoms with Crippen molar-refractivity contribution >= 4 is 21.6 Å². The number of ether oxygens (including phenoxy) is 1. The van der Waals surface area contributed by atoms with Crippen molar-refractivity contribution in [1.29, 1.82) is 0 Å². The molecule has 0 radical (unpaired) electrons. The van der Waals surface area contributed by atoms with Crippen LogP contribution >= 0.6 is 0 Å². The van der Waals surface area contributed by atoms with E-state index in [1.165, 1.54) is 26.3 Å².